The lowest BCUT2D eigenvalue weighted by Gasteiger charge is -2.06. The fourth-order valence-corrected chi connectivity index (χ4v) is 1.77. The zero-order valence-electron chi connectivity index (χ0n) is 11.4. The number of phenols is 1. The maximum Gasteiger partial charge on any atom is 0.120 e. The minimum atomic E-state index is 0. The van der Waals surface area contributed by atoms with Crippen molar-refractivity contribution in [3.63, 3.8) is 0 Å². The van der Waals surface area contributed by atoms with E-state index in [0.29, 0.717) is 18.3 Å². The molecule has 0 radical (unpaired) electrons. The van der Waals surface area contributed by atoms with E-state index in [4.69, 9.17) is 0 Å². The van der Waals surface area contributed by atoms with Crippen LogP contribution in [-0.2, 0) is 6.54 Å². The Hall–Kier alpha value is -1.68. The van der Waals surface area contributed by atoms with Crippen molar-refractivity contribution < 1.29 is 5.11 Å². The molecule has 0 saturated carbocycles. The molecule has 0 spiro atoms. The molecule has 1 heterocycles. The van der Waals surface area contributed by atoms with E-state index in [1.807, 2.05) is 36.0 Å². The summed E-state index contributed by atoms with van der Waals surface area (Å²) >= 11 is 0. The summed E-state index contributed by atoms with van der Waals surface area (Å²) in [6, 6.07) is 7.69. The first-order valence-electron chi connectivity index (χ1n) is 6.14. The van der Waals surface area contributed by atoms with Crippen LogP contribution in [0.3, 0.4) is 0 Å². The number of phenolic OH excluding ortho intramolecular Hbond substituents is 1. The molecule has 104 valence electrons. The molecule has 0 saturated heterocycles. The number of benzene rings is 1. The van der Waals surface area contributed by atoms with Crippen LogP contribution in [0.2, 0.25) is 0 Å². The molecule has 2 rings (SSSR count). The summed E-state index contributed by atoms with van der Waals surface area (Å²) in [5.74, 6) is 0.318. The number of aromatic hydroxyl groups is 1. The number of halogens is 1. The predicted octanol–water partition coefficient (Wildman–Crippen LogP) is 3.51. The summed E-state index contributed by atoms with van der Waals surface area (Å²) in [7, 11) is 0. The van der Waals surface area contributed by atoms with Gasteiger partial charge in [0.05, 0.1) is 11.4 Å². The van der Waals surface area contributed by atoms with Crippen molar-refractivity contribution >= 4 is 18.1 Å². The lowest BCUT2D eigenvalue weighted by Crippen LogP contribution is -2.01. The zero-order valence-corrected chi connectivity index (χ0v) is 12.2. The number of para-hydroxylation sites is 1. The Morgan fingerprint density at radius 2 is 2.00 bits per heavy atom. The standard InChI is InChI=1S/C14H19N3O.ClH/c1-10(2)17-9-13(11(3)16-17)15-8-12-6-4-5-7-14(12)18;/h4-7,9-10,15,18H,8H2,1-3H3;1H. The molecule has 0 bridgehead atoms. The third kappa shape index (κ3) is 3.64. The quantitative estimate of drug-likeness (QED) is 0.902. The van der Waals surface area contributed by atoms with Gasteiger partial charge in [-0.05, 0) is 26.8 Å². The molecule has 19 heavy (non-hydrogen) atoms. The molecule has 2 aromatic rings. The van der Waals surface area contributed by atoms with Gasteiger partial charge in [-0.1, -0.05) is 18.2 Å². The normalized spacial score (nSPS) is 10.3. The first-order chi connectivity index (χ1) is 8.58. The average molecular weight is 282 g/mol. The van der Waals surface area contributed by atoms with Gasteiger partial charge in [-0.3, -0.25) is 4.68 Å². The van der Waals surface area contributed by atoms with Crippen LogP contribution in [0.15, 0.2) is 30.5 Å². The molecule has 0 unspecified atom stereocenters. The number of nitrogens with zero attached hydrogens (tertiary/aromatic N) is 2. The third-order valence-electron chi connectivity index (χ3n) is 2.91. The lowest BCUT2D eigenvalue weighted by molar-refractivity contribution is 0.469. The summed E-state index contributed by atoms with van der Waals surface area (Å²) in [5.41, 5.74) is 2.86. The number of rotatable bonds is 4. The first-order valence-corrected chi connectivity index (χ1v) is 6.14. The fourth-order valence-electron chi connectivity index (χ4n) is 1.77. The SMILES string of the molecule is Cc1nn(C(C)C)cc1NCc1ccccc1O.Cl. The highest BCUT2D eigenvalue weighted by atomic mass is 35.5. The van der Waals surface area contributed by atoms with Gasteiger partial charge < -0.3 is 10.4 Å². The van der Waals surface area contributed by atoms with Crippen molar-refractivity contribution in [2.45, 2.75) is 33.4 Å². The molecule has 5 heteroatoms. The predicted molar refractivity (Wildman–Crippen MR) is 80.0 cm³/mol. The van der Waals surface area contributed by atoms with Crippen LogP contribution in [0.4, 0.5) is 5.69 Å². The fraction of sp³-hybridized carbons (Fsp3) is 0.357. The van der Waals surface area contributed by atoms with Crippen LogP contribution in [0, 0.1) is 6.92 Å². The maximum absolute atomic E-state index is 9.69. The van der Waals surface area contributed by atoms with E-state index in [-0.39, 0.29) is 12.4 Å². The van der Waals surface area contributed by atoms with Gasteiger partial charge in [-0.25, -0.2) is 0 Å². The van der Waals surface area contributed by atoms with Crippen molar-refractivity contribution in [3.8, 4) is 5.75 Å². The summed E-state index contributed by atoms with van der Waals surface area (Å²) in [4.78, 5) is 0. The van der Waals surface area contributed by atoms with Crippen LogP contribution in [0.1, 0.15) is 31.1 Å². The van der Waals surface area contributed by atoms with E-state index in [9.17, 15) is 5.11 Å². The van der Waals surface area contributed by atoms with Gasteiger partial charge >= 0.3 is 0 Å². The molecule has 0 aliphatic rings. The van der Waals surface area contributed by atoms with Gasteiger partial charge in [0.15, 0.2) is 0 Å². The van der Waals surface area contributed by atoms with Crippen molar-refractivity contribution in [2.24, 2.45) is 0 Å². The Kier molecular flexibility index (Phi) is 5.24. The van der Waals surface area contributed by atoms with Crippen molar-refractivity contribution in [1.82, 2.24) is 9.78 Å². The van der Waals surface area contributed by atoms with E-state index in [1.54, 1.807) is 6.07 Å². The second-order valence-corrected chi connectivity index (χ2v) is 4.68. The minimum absolute atomic E-state index is 0. The van der Waals surface area contributed by atoms with Gasteiger partial charge in [0.25, 0.3) is 0 Å². The Labute approximate surface area is 119 Å². The van der Waals surface area contributed by atoms with Crippen LogP contribution in [-0.4, -0.2) is 14.9 Å². The number of aryl methyl sites for hydroxylation is 1. The van der Waals surface area contributed by atoms with Crippen LogP contribution >= 0.6 is 12.4 Å². The highest BCUT2D eigenvalue weighted by Gasteiger charge is 2.07. The molecule has 1 aromatic heterocycles. The highest BCUT2D eigenvalue weighted by Crippen LogP contribution is 2.20. The van der Waals surface area contributed by atoms with Gasteiger partial charge in [0.2, 0.25) is 0 Å². The molecular formula is C14H20ClN3O. The average Bonchev–Trinajstić information content (AvgIpc) is 2.70. The van der Waals surface area contributed by atoms with Crippen LogP contribution in [0.5, 0.6) is 5.75 Å². The van der Waals surface area contributed by atoms with E-state index in [2.05, 4.69) is 24.3 Å². The number of hydrogen-bond donors (Lipinski definition) is 2. The molecule has 1 aromatic carbocycles. The van der Waals surface area contributed by atoms with Gasteiger partial charge in [0, 0.05) is 24.3 Å². The molecule has 0 atom stereocenters. The molecule has 0 fully saturated rings. The lowest BCUT2D eigenvalue weighted by atomic mass is 10.2. The summed E-state index contributed by atoms with van der Waals surface area (Å²) in [6.45, 7) is 6.77. The molecule has 0 amide bonds. The van der Waals surface area contributed by atoms with Crippen molar-refractivity contribution in [1.29, 1.82) is 0 Å². The van der Waals surface area contributed by atoms with Gasteiger partial charge in [0.1, 0.15) is 5.75 Å². The van der Waals surface area contributed by atoms with Crippen molar-refractivity contribution in [3.05, 3.63) is 41.7 Å². The minimum Gasteiger partial charge on any atom is -0.508 e. The van der Waals surface area contributed by atoms with E-state index < -0.39 is 0 Å². The van der Waals surface area contributed by atoms with E-state index in [1.165, 1.54) is 0 Å². The molecule has 0 aliphatic heterocycles. The Bertz CT molecular complexity index is 537. The monoisotopic (exact) mass is 281 g/mol. The van der Waals surface area contributed by atoms with Crippen molar-refractivity contribution in [2.75, 3.05) is 5.32 Å². The summed E-state index contributed by atoms with van der Waals surface area (Å²) in [6.07, 6.45) is 2.00. The maximum atomic E-state index is 9.69. The van der Waals surface area contributed by atoms with Crippen LogP contribution < -0.4 is 5.32 Å². The van der Waals surface area contributed by atoms with E-state index >= 15 is 0 Å². The van der Waals surface area contributed by atoms with Crippen LogP contribution in [0.25, 0.3) is 0 Å². The second kappa shape index (κ2) is 6.48. The number of hydrogen-bond acceptors (Lipinski definition) is 3. The Morgan fingerprint density at radius 3 is 2.58 bits per heavy atom. The topological polar surface area (TPSA) is 50.1 Å². The molecule has 2 N–H and O–H groups in total. The van der Waals surface area contributed by atoms with E-state index in [0.717, 1.165) is 16.9 Å². The third-order valence-corrected chi connectivity index (χ3v) is 2.91. The smallest absolute Gasteiger partial charge is 0.120 e. The number of nitrogens with one attached hydrogen (secondary N) is 1. The molecule has 4 nitrogen and oxygen atoms in total. The van der Waals surface area contributed by atoms with Gasteiger partial charge in [-0.2, -0.15) is 5.10 Å². The number of anilines is 1. The number of aromatic nitrogens is 2. The second-order valence-electron chi connectivity index (χ2n) is 4.68. The van der Waals surface area contributed by atoms with Gasteiger partial charge in [-0.15, -0.1) is 12.4 Å². The highest BCUT2D eigenvalue weighted by molar-refractivity contribution is 5.85. The Balaban J connectivity index is 0.00000180. The first kappa shape index (κ1) is 15.4. The summed E-state index contributed by atoms with van der Waals surface area (Å²) in [5, 5.41) is 17.4. The summed E-state index contributed by atoms with van der Waals surface area (Å²) < 4.78 is 1.93. The Morgan fingerprint density at radius 1 is 1.32 bits per heavy atom. The zero-order chi connectivity index (χ0) is 13.1. The molecule has 0 aliphatic carbocycles. The largest absolute Gasteiger partial charge is 0.508 e. The molecular weight excluding hydrogens is 262 g/mol.